The normalized spacial score (nSPS) is 11.9. The van der Waals surface area contributed by atoms with Crippen molar-refractivity contribution in [1.29, 1.82) is 0 Å². The van der Waals surface area contributed by atoms with Gasteiger partial charge in [-0.25, -0.2) is 4.98 Å². The van der Waals surface area contributed by atoms with Crippen molar-refractivity contribution in [1.82, 2.24) is 9.97 Å². The standard InChI is InChI=1S/C19H18N2O3/c1-3-23-19(22)13(2)18-21-16(14-8-5-4-6-9-14)17(24-18)15-10-7-11-20-12-15/h4-13H,3H2,1-2H3. The lowest BCUT2D eigenvalue weighted by molar-refractivity contribution is -0.145. The summed E-state index contributed by atoms with van der Waals surface area (Å²) in [5, 5.41) is 0. The van der Waals surface area contributed by atoms with Crippen molar-refractivity contribution in [3.8, 4) is 22.6 Å². The molecule has 0 amide bonds. The van der Waals surface area contributed by atoms with E-state index in [0.717, 1.165) is 11.1 Å². The summed E-state index contributed by atoms with van der Waals surface area (Å²) in [6.07, 6.45) is 3.41. The van der Waals surface area contributed by atoms with Gasteiger partial charge in [0.05, 0.1) is 6.61 Å². The molecule has 0 aliphatic rings. The Balaban J connectivity index is 2.08. The van der Waals surface area contributed by atoms with Crippen LogP contribution in [0.2, 0.25) is 0 Å². The van der Waals surface area contributed by atoms with Gasteiger partial charge in [-0.05, 0) is 26.0 Å². The molecule has 3 rings (SSSR count). The molecular formula is C19H18N2O3. The average Bonchev–Trinajstić information content (AvgIpc) is 3.08. The van der Waals surface area contributed by atoms with Gasteiger partial charge in [0.2, 0.25) is 5.89 Å². The first-order valence-corrected chi connectivity index (χ1v) is 7.84. The molecule has 0 fully saturated rings. The molecule has 2 aromatic heterocycles. The summed E-state index contributed by atoms with van der Waals surface area (Å²) in [5.41, 5.74) is 2.42. The Kier molecular flexibility index (Phi) is 4.70. The SMILES string of the molecule is CCOC(=O)C(C)c1nc(-c2ccccc2)c(-c2cccnc2)o1. The minimum atomic E-state index is -0.571. The summed E-state index contributed by atoms with van der Waals surface area (Å²) in [7, 11) is 0. The van der Waals surface area contributed by atoms with Gasteiger partial charge in [0, 0.05) is 23.5 Å². The van der Waals surface area contributed by atoms with Gasteiger partial charge in [0.1, 0.15) is 11.6 Å². The van der Waals surface area contributed by atoms with Crippen molar-refractivity contribution in [2.75, 3.05) is 6.61 Å². The van der Waals surface area contributed by atoms with Gasteiger partial charge in [-0.2, -0.15) is 0 Å². The molecule has 5 nitrogen and oxygen atoms in total. The van der Waals surface area contributed by atoms with Crippen LogP contribution in [-0.2, 0) is 9.53 Å². The number of benzene rings is 1. The number of pyridine rings is 1. The molecule has 122 valence electrons. The second kappa shape index (κ2) is 7.08. The van der Waals surface area contributed by atoms with E-state index < -0.39 is 5.92 Å². The van der Waals surface area contributed by atoms with Crippen molar-refractivity contribution in [3.05, 3.63) is 60.7 Å². The predicted molar refractivity (Wildman–Crippen MR) is 90.2 cm³/mol. The van der Waals surface area contributed by atoms with Crippen LogP contribution in [0.3, 0.4) is 0 Å². The third-order valence-electron chi connectivity index (χ3n) is 3.63. The van der Waals surface area contributed by atoms with Crippen molar-refractivity contribution >= 4 is 5.97 Å². The van der Waals surface area contributed by atoms with E-state index in [1.165, 1.54) is 0 Å². The molecular weight excluding hydrogens is 304 g/mol. The summed E-state index contributed by atoms with van der Waals surface area (Å²) in [6, 6.07) is 13.5. The van der Waals surface area contributed by atoms with Crippen LogP contribution in [0.5, 0.6) is 0 Å². The zero-order valence-corrected chi connectivity index (χ0v) is 13.6. The van der Waals surface area contributed by atoms with Gasteiger partial charge in [0.25, 0.3) is 0 Å². The van der Waals surface area contributed by atoms with E-state index in [4.69, 9.17) is 9.15 Å². The molecule has 0 saturated carbocycles. The van der Waals surface area contributed by atoms with Gasteiger partial charge in [-0.15, -0.1) is 0 Å². The summed E-state index contributed by atoms with van der Waals surface area (Å²) >= 11 is 0. The number of aromatic nitrogens is 2. The molecule has 0 N–H and O–H groups in total. The van der Waals surface area contributed by atoms with Crippen molar-refractivity contribution in [2.24, 2.45) is 0 Å². The van der Waals surface area contributed by atoms with Gasteiger partial charge in [-0.1, -0.05) is 30.3 Å². The molecule has 1 unspecified atom stereocenters. The highest BCUT2D eigenvalue weighted by Gasteiger charge is 2.25. The maximum atomic E-state index is 12.0. The molecule has 24 heavy (non-hydrogen) atoms. The Morgan fingerprint density at radius 2 is 1.92 bits per heavy atom. The second-order valence-corrected chi connectivity index (χ2v) is 5.31. The minimum absolute atomic E-state index is 0.324. The van der Waals surface area contributed by atoms with Gasteiger partial charge in [0.15, 0.2) is 5.76 Å². The van der Waals surface area contributed by atoms with Crippen LogP contribution < -0.4 is 0 Å². The number of hydrogen-bond donors (Lipinski definition) is 0. The summed E-state index contributed by atoms with van der Waals surface area (Å²) < 4.78 is 11.0. The summed E-state index contributed by atoms with van der Waals surface area (Å²) in [4.78, 5) is 20.7. The van der Waals surface area contributed by atoms with Crippen molar-refractivity contribution in [3.63, 3.8) is 0 Å². The Bertz CT molecular complexity index is 756. The van der Waals surface area contributed by atoms with Gasteiger partial charge < -0.3 is 9.15 Å². The monoisotopic (exact) mass is 322 g/mol. The number of esters is 1. The predicted octanol–water partition coefficient (Wildman–Crippen LogP) is 4.07. The fraction of sp³-hybridized carbons (Fsp3) is 0.211. The van der Waals surface area contributed by atoms with E-state index in [1.54, 1.807) is 26.2 Å². The minimum Gasteiger partial charge on any atom is -0.465 e. The van der Waals surface area contributed by atoms with Crippen LogP contribution in [0.4, 0.5) is 0 Å². The second-order valence-electron chi connectivity index (χ2n) is 5.31. The molecule has 1 aromatic carbocycles. The highest BCUT2D eigenvalue weighted by Crippen LogP contribution is 2.34. The number of ether oxygens (including phenoxy) is 1. The number of hydrogen-bond acceptors (Lipinski definition) is 5. The Morgan fingerprint density at radius 3 is 2.58 bits per heavy atom. The molecule has 3 aromatic rings. The first-order valence-electron chi connectivity index (χ1n) is 7.84. The Labute approximate surface area is 140 Å². The Morgan fingerprint density at radius 1 is 1.17 bits per heavy atom. The maximum Gasteiger partial charge on any atom is 0.318 e. The van der Waals surface area contributed by atoms with Gasteiger partial charge in [-0.3, -0.25) is 9.78 Å². The number of nitrogens with zero attached hydrogens (tertiary/aromatic N) is 2. The quantitative estimate of drug-likeness (QED) is 0.662. The molecule has 0 saturated heterocycles. The van der Waals surface area contributed by atoms with E-state index >= 15 is 0 Å². The van der Waals surface area contributed by atoms with E-state index in [9.17, 15) is 4.79 Å². The Hall–Kier alpha value is -2.95. The number of oxazole rings is 1. The van der Waals surface area contributed by atoms with Crippen LogP contribution in [0.15, 0.2) is 59.3 Å². The lowest BCUT2D eigenvalue weighted by atomic mass is 10.1. The fourth-order valence-corrected chi connectivity index (χ4v) is 2.37. The molecule has 0 aliphatic heterocycles. The molecule has 5 heteroatoms. The van der Waals surface area contributed by atoms with Gasteiger partial charge >= 0.3 is 5.97 Å². The summed E-state index contributed by atoms with van der Waals surface area (Å²) in [5.74, 6) is 0.0144. The highest BCUT2D eigenvalue weighted by atomic mass is 16.5. The van der Waals surface area contributed by atoms with Crippen LogP contribution in [0, 0.1) is 0 Å². The first kappa shape index (κ1) is 15.9. The zero-order valence-electron chi connectivity index (χ0n) is 13.6. The largest absolute Gasteiger partial charge is 0.465 e. The maximum absolute atomic E-state index is 12.0. The third-order valence-corrected chi connectivity index (χ3v) is 3.63. The van der Waals surface area contributed by atoms with Crippen LogP contribution in [0.25, 0.3) is 22.6 Å². The molecule has 0 bridgehead atoms. The molecule has 0 spiro atoms. The van der Waals surface area contributed by atoms with E-state index in [0.29, 0.717) is 24.0 Å². The average molecular weight is 322 g/mol. The topological polar surface area (TPSA) is 65.2 Å². The number of carbonyl (C=O) groups is 1. The van der Waals surface area contributed by atoms with Crippen LogP contribution >= 0.6 is 0 Å². The van der Waals surface area contributed by atoms with Crippen molar-refractivity contribution < 1.29 is 13.9 Å². The summed E-state index contributed by atoms with van der Waals surface area (Å²) in [6.45, 7) is 3.83. The molecule has 2 heterocycles. The van der Waals surface area contributed by atoms with E-state index in [1.807, 2.05) is 42.5 Å². The molecule has 1 atom stereocenters. The number of carbonyl (C=O) groups excluding carboxylic acids is 1. The van der Waals surface area contributed by atoms with E-state index in [-0.39, 0.29) is 5.97 Å². The lowest BCUT2D eigenvalue weighted by Crippen LogP contribution is -2.13. The third kappa shape index (κ3) is 3.20. The fourth-order valence-electron chi connectivity index (χ4n) is 2.37. The highest BCUT2D eigenvalue weighted by molar-refractivity contribution is 5.79. The zero-order chi connectivity index (χ0) is 16.9. The molecule has 0 radical (unpaired) electrons. The van der Waals surface area contributed by atoms with Crippen molar-refractivity contribution in [2.45, 2.75) is 19.8 Å². The van der Waals surface area contributed by atoms with E-state index in [2.05, 4.69) is 9.97 Å². The first-order chi connectivity index (χ1) is 11.7. The van der Waals surface area contributed by atoms with Crippen LogP contribution in [-0.4, -0.2) is 22.5 Å². The van der Waals surface area contributed by atoms with Crippen LogP contribution in [0.1, 0.15) is 25.7 Å². The molecule has 0 aliphatic carbocycles. The number of rotatable bonds is 5. The smallest absolute Gasteiger partial charge is 0.318 e. The lowest BCUT2D eigenvalue weighted by Gasteiger charge is -2.05.